The zero-order valence-corrected chi connectivity index (χ0v) is 20.7. The van der Waals surface area contributed by atoms with E-state index in [2.05, 4.69) is 82.3 Å². The van der Waals surface area contributed by atoms with Crippen molar-refractivity contribution in [1.29, 1.82) is 0 Å². The fourth-order valence-corrected chi connectivity index (χ4v) is 4.13. The van der Waals surface area contributed by atoms with Gasteiger partial charge in [0.25, 0.3) is 0 Å². The number of aliphatic imine (C=N–C) groups is 1. The first kappa shape index (κ1) is 25.6. The lowest BCUT2D eigenvalue weighted by molar-refractivity contribution is 0.132. The normalized spacial score (nSPS) is 17.2. The largest absolute Gasteiger partial charge is 0.354 e. The standard InChI is InChI=1S/C25H46N6/c1-6-29(7-2)15-9-10-22(4)28-25(26-5)27-20-23-11-13-24(14-12-23)21-31-18-16-30(8-3)17-19-31/h11-14,22H,6-10,15-21H2,1-5H3,(H2,26,27,28). The molecule has 0 saturated carbocycles. The van der Waals surface area contributed by atoms with Crippen molar-refractivity contribution in [2.45, 2.75) is 59.7 Å². The van der Waals surface area contributed by atoms with Crippen molar-refractivity contribution in [2.24, 2.45) is 4.99 Å². The van der Waals surface area contributed by atoms with Gasteiger partial charge in [-0.1, -0.05) is 45.0 Å². The van der Waals surface area contributed by atoms with Gasteiger partial charge in [-0.2, -0.15) is 0 Å². The fraction of sp³-hybridized carbons (Fsp3) is 0.720. The molecule has 1 unspecified atom stereocenters. The second-order valence-electron chi connectivity index (χ2n) is 8.67. The molecule has 1 aromatic rings. The Morgan fingerprint density at radius 1 is 1.00 bits per heavy atom. The molecule has 1 atom stereocenters. The molecule has 1 saturated heterocycles. The van der Waals surface area contributed by atoms with Crippen LogP contribution in [0.5, 0.6) is 0 Å². The zero-order chi connectivity index (χ0) is 22.5. The van der Waals surface area contributed by atoms with Crippen molar-refractivity contribution in [2.75, 3.05) is 59.4 Å². The Balaban J connectivity index is 1.69. The summed E-state index contributed by atoms with van der Waals surface area (Å²) in [6.07, 6.45) is 2.36. The van der Waals surface area contributed by atoms with Crippen molar-refractivity contribution < 1.29 is 0 Å². The van der Waals surface area contributed by atoms with Gasteiger partial charge in [0.2, 0.25) is 0 Å². The van der Waals surface area contributed by atoms with Gasteiger partial charge in [-0.3, -0.25) is 9.89 Å². The summed E-state index contributed by atoms with van der Waals surface area (Å²) in [4.78, 5) is 12.0. The summed E-state index contributed by atoms with van der Waals surface area (Å²) in [5.74, 6) is 0.883. The van der Waals surface area contributed by atoms with Gasteiger partial charge < -0.3 is 20.4 Å². The van der Waals surface area contributed by atoms with E-state index in [0.717, 1.165) is 38.6 Å². The highest BCUT2D eigenvalue weighted by Crippen LogP contribution is 2.10. The van der Waals surface area contributed by atoms with Crippen molar-refractivity contribution in [3.05, 3.63) is 35.4 Å². The lowest BCUT2D eigenvalue weighted by Crippen LogP contribution is -2.45. The summed E-state index contributed by atoms with van der Waals surface area (Å²) >= 11 is 0. The van der Waals surface area contributed by atoms with Crippen molar-refractivity contribution in [3.8, 4) is 0 Å². The molecular weight excluding hydrogens is 384 g/mol. The summed E-state index contributed by atoms with van der Waals surface area (Å²) in [6, 6.07) is 9.44. The van der Waals surface area contributed by atoms with Crippen LogP contribution in [0.1, 0.15) is 51.7 Å². The molecule has 1 heterocycles. The topological polar surface area (TPSA) is 46.1 Å². The van der Waals surface area contributed by atoms with Gasteiger partial charge in [-0.15, -0.1) is 0 Å². The van der Waals surface area contributed by atoms with E-state index in [4.69, 9.17) is 0 Å². The van der Waals surface area contributed by atoms with E-state index < -0.39 is 0 Å². The van der Waals surface area contributed by atoms with Gasteiger partial charge in [0.05, 0.1) is 0 Å². The van der Waals surface area contributed by atoms with Crippen molar-refractivity contribution in [1.82, 2.24) is 25.3 Å². The Bertz CT molecular complexity index is 617. The molecule has 6 nitrogen and oxygen atoms in total. The first-order chi connectivity index (χ1) is 15.1. The lowest BCUT2D eigenvalue weighted by atomic mass is 10.1. The van der Waals surface area contributed by atoms with Gasteiger partial charge in [-0.05, 0) is 57.1 Å². The molecule has 6 heteroatoms. The van der Waals surface area contributed by atoms with Gasteiger partial charge in [-0.25, -0.2) is 0 Å². The minimum Gasteiger partial charge on any atom is -0.354 e. The predicted octanol–water partition coefficient (Wildman–Crippen LogP) is 3.00. The van der Waals surface area contributed by atoms with Crippen LogP contribution >= 0.6 is 0 Å². The quantitative estimate of drug-likeness (QED) is 0.394. The highest BCUT2D eigenvalue weighted by atomic mass is 15.3. The summed E-state index contributed by atoms with van der Waals surface area (Å²) in [5.41, 5.74) is 2.69. The maximum atomic E-state index is 4.40. The smallest absolute Gasteiger partial charge is 0.191 e. The van der Waals surface area contributed by atoms with Gasteiger partial charge in [0.1, 0.15) is 0 Å². The third-order valence-electron chi connectivity index (χ3n) is 6.41. The maximum absolute atomic E-state index is 4.40. The van der Waals surface area contributed by atoms with Crippen LogP contribution in [0.2, 0.25) is 0 Å². The second kappa shape index (κ2) is 14.4. The number of hydrogen-bond acceptors (Lipinski definition) is 4. The Labute approximate surface area is 191 Å². The third kappa shape index (κ3) is 9.58. The van der Waals surface area contributed by atoms with Crippen molar-refractivity contribution in [3.63, 3.8) is 0 Å². The minimum atomic E-state index is 0.414. The van der Waals surface area contributed by atoms with E-state index in [0.29, 0.717) is 6.04 Å². The monoisotopic (exact) mass is 430 g/mol. The highest BCUT2D eigenvalue weighted by molar-refractivity contribution is 5.79. The lowest BCUT2D eigenvalue weighted by Gasteiger charge is -2.34. The number of nitrogens with one attached hydrogen (secondary N) is 2. The highest BCUT2D eigenvalue weighted by Gasteiger charge is 2.15. The summed E-state index contributed by atoms with van der Waals surface area (Å²) in [5, 5.41) is 6.99. The summed E-state index contributed by atoms with van der Waals surface area (Å²) < 4.78 is 0. The Hall–Kier alpha value is -1.63. The number of benzene rings is 1. The first-order valence-electron chi connectivity index (χ1n) is 12.3. The molecule has 0 bridgehead atoms. The Kier molecular flexibility index (Phi) is 11.9. The van der Waals surface area contributed by atoms with E-state index in [1.807, 2.05) is 7.05 Å². The number of nitrogens with zero attached hydrogens (tertiary/aromatic N) is 4. The summed E-state index contributed by atoms with van der Waals surface area (Å²) in [7, 11) is 1.85. The van der Waals surface area contributed by atoms with Crippen LogP contribution in [0.4, 0.5) is 0 Å². The van der Waals surface area contributed by atoms with Crippen LogP contribution < -0.4 is 10.6 Å². The predicted molar refractivity (Wildman–Crippen MR) is 134 cm³/mol. The molecule has 31 heavy (non-hydrogen) atoms. The second-order valence-corrected chi connectivity index (χ2v) is 8.67. The van der Waals surface area contributed by atoms with E-state index in [1.54, 1.807) is 0 Å². The van der Waals surface area contributed by atoms with Crippen LogP contribution in [-0.4, -0.2) is 86.1 Å². The Morgan fingerprint density at radius 3 is 2.19 bits per heavy atom. The molecule has 0 spiro atoms. The van der Waals surface area contributed by atoms with Crippen LogP contribution in [0, 0.1) is 0 Å². The van der Waals surface area contributed by atoms with Crippen LogP contribution in [0.15, 0.2) is 29.3 Å². The molecule has 2 rings (SSSR count). The maximum Gasteiger partial charge on any atom is 0.191 e. The molecular formula is C25H46N6. The molecule has 1 fully saturated rings. The molecule has 1 aliphatic heterocycles. The average molecular weight is 431 g/mol. The third-order valence-corrected chi connectivity index (χ3v) is 6.41. The minimum absolute atomic E-state index is 0.414. The molecule has 0 aromatic heterocycles. The van der Waals surface area contributed by atoms with Crippen LogP contribution in [0.3, 0.4) is 0 Å². The number of piperazine rings is 1. The molecule has 1 aromatic carbocycles. The van der Waals surface area contributed by atoms with E-state index in [1.165, 1.54) is 56.8 Å². The Morgan fingerprint density at radius 2 is 1.61 bits per heavy atom. The van der Waals surface area contributed by atoms with E-state index in [9.17, 15) is 0 Å². The number of guanidine groups is 1. The molecule has 176 valence electrons. The molecule has 0 radical (unpaired) electrons. The summed E-state index contributed by atoms with van der Waals surface area (Å²) in [6.45, 7) is 20.1. The van der Waals surface area contributed by atoms with E-state index in [-0.39, 0.29) is 0 Å². The zero-order valence-electron chi connectivity index (χ0n) is 20.7. The van der Waals surface area contributed by atoms with Crippen LogP contribution in [0.25, 0.3) is 0 Å². The van der Waals surface area contributed by atoms with E-state index >= 15 is 0 Å². The molecule has 0 aliphatic carbocycles. The number of rotatable bonds is 12. The fourth-order valence-electron chi connectivity index (χ4n) is 4.13. The molecule has 2 N–H and O–H groups in total. The SMILES string of the molecule is CCN(CC)CCCC(C)NC(=NC)NCc1ccc(CN2CCN(CC)CC2)cc1. The first-order valence-corrected chi connectivity index (χ1v) is 12.3. The average Bonchev–Trinajstić information content (AvgIpc) is 2.81. The van der Waals surface area contributed by atoms with Gasteiger partial charge in [0, 0.05) is 52.4 Å². The number of hydrogen-bond donors (Lipinski definition) is 2. The number of likely N-dealkylation sites (N-methyl/N-ethyl adjacent to an activating group) is 1. The van der Waals surface area contributed by atoms with Gasteiger partial charge >= 0.3 is 0 Å². The van der Waals surface area contributed by atoms with Gasteiger partial charge in [0.15, 0.2) is 5.96 Å². The molecule has 1 aliphatic rings. The molecule has 0 amide bonds. The van der Waals surface area contributed by atoms with Crippen molar-refractivity contribution >= 4 is 5.96 Å². The van der Waals surface area contributed by atoms with Crippen LogP contribution in [-0.2, 0) is 13.1 Å².